The first-order valence-electron chi connectivity index (χ1n) is 5.83. The molecule has 1 aromatic rings. The Morgan fingerprint density at radius 1 is 1.53 bits per heavy atom. The molecule has 0 spiro atoms. The van der Waals surface area contributed by atoms with Crippen molar-refractivity contribution in [3.05, 3.63) is 27.7 Å². The number of hydrogen-bond acceptors (Lipinski definition) is 2. The highest BCUT2D eigenvalue weighted by molar-refractivity contribution is 9.10. The van der Waals surface area contributed by atoms with Crippen LogP contribution in [0.4, 0.5) is 5.69 Å². The molecule has 1 fully saturated rings. The van der Waals surface area contributed by atoms with Crippen molar-refractivity contribution in [2.45, 2.75) is 38.4 Å². The van der Waals surface area contributed by atoms with E-state index in [1.54, 1.807) is 0 Å². The van der Waals surface area contributed by atoms with Crippen molar-refractivity contribution >= 4 is 33.2 Å². The SMILES string of the molecule is CC1(C)CCC(CNc2ccc(Cl)cc2Br)O1. The van der Waals surface area contributed by atoms with Crippen LogP contribution in [0.15, 0.2) is 22.7 Å². The van der Waals surface area contributed by atoms with Crippen molar-refractivity contribution in [2.75, 3.05) is 11.9 Å². The lowest BCUT2D eigenvalue weighted by Gasteiger charge is -2.20. The Balaban J connectivity index is 1.90. The monoisotopic (exact) mass is 317 g/mol. The number of rotatable bonds is 3. The molecule has 0 aliphatic carbocycles. The second kappa shape index (κ2) is 5.17. The van der Waals surface area contributed by atoms with E-state index >= 15 is 0 Å². The Morgan fingerprint density at radius 3 is 2.88 bits per heavy atom. The molecule has 1 atom stereocenters. The van der Waals surface area contributed by atoms with Gasteiger partial charge < -0.3 is 10.1 Å². The summed E-state index contributed by atoms with van der Waals surface area (Å²) in [6.07, 6.45) is 2.54. The Kier molecular flexibility index (Phi) is 4.01. The number of benzene rings is 1. The first-order chi connectivity index (χ1) is 7.96. The van der Waals surface area contributed by atoms with Gasteiger partial charge in [0.15, 0.2) is 0 Å². The predicted octanol–water partition coefficient (Wildman–Crippen LogP) is 4.47. The molecule has 1 aliphatic heterocycles. The summed E-state index contributed by atoms with van der Waals surface area (Å²) in [7, 11) is 0. The van der Waals surface area contributed by atoms with Crippen LogP contribution in [-0.4, -0.2) is 18.2 Å². The van der Waals surface area contributed by atoms with Crippen molar-refractivity contribution in [3.63, 3.8) is 0 Å². The zero-order valence-electron chi connectivity index (χ0n) is 10.1. The third-order valence-corrected chi connectivity index (χ3v) is 3.90. The highest BCUT2D eigenvalue weighted by atomic mass is 79.9. The lowest BCUT2D eigenvalue weighted by molar-refractivity contribution is -0.00911. The summed E-state index contributed by atoms with van der Waals surface area (Å²) >= 11 is 9.39. The standard InChI is InChI=1S/C13H17BrClNO/c1-13(2)6-5-10(17-13)8-16-12-4-3-9(15)7-11(12)14/h3-4,7,10,16H,5-6,8H2,1-2H3. The summed E-state index contributed by atoms with van der Waals surface area (Å²) in [5, 5.41) is 4.13. The van der Waals surface area contributed by atoms with Gasteiger partial charge in [0, 0.05) is 21.7 Å². The molecular weight excluding hydrogens is 302 g/mol. The fourth-order valence-electron chi connectivity index (χ4n) is 2.08. The van der Waals surface area contributed by atoms with E-state index in [2.05, 4.69) is 35.1 Å². The van der Waals surface area contributed by atoms with Gasteiger partial charge >= 0.3 is 0 Å². The Morgan fingerprint density at radius 2 is 2.29 bits per heavy atom. The minimum atomic E-state index is 0.0313. The van der Waals surface area contributed by atoms with Gasteiger partial charge in [0.1, 0.15) is 0 Å². The van der Waals surface area contributed by atoms with Gasteiger partial charge in [-0.1, -0.05) is 11.6 Å². The second-order valence-electron chi connectivity index (χ2n) is 5.04. The molecule has 1 aliphatic rings. The molecule has 0 amide bonds. The Hall–Kier alpha value is -0.250. The summed E-state index contributed by atoms with van der Waals surface area (Å²) in [5.74, 6) is 0. The molecule has 0 aromatic heterocycles. The fraction of sp³-hybridized carbons (Fsp3) is 0.538. The van der Waals surface area contributed by atoms with Gasteiger partial charge in [0.25, 0.3) is 0 Å². The quantitative estimate of drug-likeness (QED) is 0.887. The van der Waals surface area contributed by atoms with Crippen molar-refractivity contribution in [3.8, 4) is 0 Å². The topological polar surface area (TPSA) is 21.3 Å². The fourth-order valence-corrected chi connectivity index (χ4v) is 2.90. The van der Waals surface area contributed by atoms with Gasteiger partial charge in [-0.05, 0) is 60.8 Å². The van der Waals surface area contributed by atoms with E-state index in [1.807, 2.05) is 18.2 Å². The molecule has 94 valence electrons. The van der Waals surface area contributed by atoms with Crippen LogP contribution in [0.1, 0.15) is 26.7 Å². The van der Waals surface area contributed by atoms with Gasteiger partial charge in [0.05, 0.1) is 11.7 Å². The Bertz CT molecular complexity index is 408. The van der Waals surface area contributed by atoms with E-state index in [0.29, 0.717) is 6.10 Å². The maximum absolute atomic E-state index is 5.93. The first kappa shape index (κ1) is 13.2. The summed E-state index contributed by atoms with van der Waals surface area (Å²) in [6.45, 7) is 5.13. The summed E-state index contributed by atoms with van der Waals surface area (Å²) < 4.78 is 6.92. The highest BCUT2D eigenvalue weighted by Crippen LogP contribution is 2.30. The molecule has 1 saturated heterocycles. The van der Waals surface area contributed by atoms with Crippen LogP contribution in [0.25, 0.3) is 0 Å². The van der Waals surface area contributed by atoms with Gasteiger partial charge in [0.2, 0.25) is 0 Å². The van der Waals surface area contributed by atoms with Crippen LogP contribution in [0.5, 0.6) is 0 Å². The molecule has 1 heterocycles. The summed E-state index contributed by atoms with van der Waals surface area (Å²) in [6, 6.07) is 5.75. The lowest BCUT2D eigenvalue weighted by atomic mass is 10.1. The summed E-state index contributed by atoms with van der Waals surface area (Å²) in [5.41, 5.74) is 1.09. The molecule has 2 rings (SSSR count). The molecule has 0 bridgehead atoms. The van der Waals surface area contributed by atoms with Crippen molar-refractivity contribution in [2.24, 2.45) is 0 Å². The van der Waals surface area contributed by atoms with Crippen LogP contribution in [0.2, 0.25) is 5.02 Å². The van der Waals surface area contributed by atoms with E-state index in [4.69, 9.17) is 16.3 Å². The van der Waals surface area contributed by atoms with E-state index in [0.717, 1.165) is 34.6 Å². The highest BCUT2D eigenvalue weighted by Gasteiger charge is 2.31. The van der Waals surface area contributed by atoms with Crippen LogP contribution >= 0.6 is 27.5 Å². The average Bonchev–Trinajstić information content (AvgIpc) is 2.57. The van der Waals surface area contributed by atoms with Crippen molar-refractivity contribution < 1.29 is 4.74 Å². The number of anilines is 1. The minimum absolute atomic E-state index is 0.0313. The third kappa shape index (κ3) is 3.60. The van der Waals surface area contributed by atoms with Gasteiger partial charge in [-0.2, -0.15) is 0 Å². The number of hydrogen-bond donors (Lipinski definition) is 1. The Labute approximate surface area is 116 Å². The van der Waals surface area contributed by atoms with E-state index in [1.165, 1.54) is 0 Å². The molecule has 1 N–H and O–H groups in total. The zero-order chi connectivity index (χ0) is 12.5. The maximum Gasteiger partial charge on any atom is 0.0755 e. The van der Waals surface area contributed by atoms with E-state index in [9.17, 15) is 0 Å². The van der Waals surface area contributed by atoms with Gasteiger partial charge in [-0.25, -0.2) is 0 Å². The van der Waals surface area contributed by atoms with Crippen molar-refractivity contribution in [1.29, 1.82) is 0 Å². The van der Waals surface area contributed by atoms with Crippen LogP contribution in [0, 0.1) is 0 Å². The van der Waals surface area contributed by atoms with Gasteiger partial charge in [-0.3, -0.25) is 0 Å². The molecule has 2 nitrogen and oxygen atoms in total. The molecule has 0 radical (unpaired) electrons. The van der Waals surface area contributed by atoms with Gasteiger partial charge in [-0.15, -0.1) is 0 Å². The average molecular weight is 319 g/mol. The second-order valence-corrected chi connectivity index (χ2v) is 6.33. The summed E-state index contributed by atoms with van der Waals surface area (Å²) in [4.78, 5) is 0. The van der Waals surface area contributed by atoms with E-state index < -0.39 is 0 Å². The number of nitrogens with one attached hydrogen (secondary N) is 1. The molecule has 0 saturated carbocycles. The van der Waals surface area contributed by atoms with Crippen LogP contribution in [-0.2, 0) is 4.74 Å². The maximum atomic E-state index is 5.93. The van der Waals surface area contributed by atoms with Crippen LogP contribution in [0.3, 0.4) is 0 Å². The molecule has 17 heavy (non-hydrogen) atoms. The number of halogens is 2. The first-order valence-corrected chi connectivity index (χ1v) is 7.00. The molecule has 4 heteroatoms. The lowest BCUT2D eigenvalue weighted by Crippen LogP contribution is -2.24. The predicted molar refractivity (Wildman–Crippen MR) is 75.8 cm³/mol. The third-order valence-electron chi connectivity index (χ3n) is 3.01. The smallest absolute Gasteiger partial charge is 0.0755 e. The molecular formula is C13H17BrClNO. The van der Waals surface area contributed by atoms with Crippen molar-refractivity contribution in [1.82, 2.24) is 0 Å². The minimum Gasteiger partial charge on any atom is -0.382 e. The largest absolute Gasteiger partial charge is 0.382 e. The molecule has 1 aromatic carbocycles. The van der Waals surface area contributed by atoms with E-state index in [-0.39, 0.29) is 5.60 Å². The normalized spacial score (nSPS) is 22.7. The zero-order valence-corrected chi connectivity index (χ0v) is 12.4. The molecule has 1 unspecified atom stereocenters. The van der Waals surface area contributed by atoms with Crippen LogP contribution < -0.4 is 5.32 Å². The number of ether oxygens (including phenoxy) is 1.